The van der Waals surface area contributed by atoms with Gasteiger partial charge in [-0.05, 0) is 23.8 Å². The number of hydrogen-bond acceptors (Lipinski definition) is 4. The fraction of sp³-hybridized carbons (Fsp3) is 0.100. The average molecular weight is 405 g/mol. The van der Waals surface area contributed by atoms with Crippen molar-refractivity contribution in [2.45, 2.75) is 0 Å². The van der Waals surface area contributed by atoms with E-state index in [1.807, 2.05) is 60.7 Å². The Kier molecular flexibility index (Phi) is 13.3. The normalized spacial score (nSPS) is 8.92. The van der Waals surface area contributed by atoms with E-state index in [4.69, 9.17) is 0 Å². The van der Waals surface area contributed by atoms with E-state index in [9.17, 15) is 9.59 Å². The van der Waals surface area contributed by atoms with Crippen LogP contribution in [-0.4, -0.2) is 26.2 Å². The van der Waals surface area contributed by atoms with Crippen molar-refractivity contribution in [3.63, 3.8) is 0 Å². The summed E-state index contributed by atoms with van der Waals surface area (Å²) in [4.78, 5) is 20.5. The average Bonchev–Trinajstić information content (AvgIpc) is 2.67. The van der Waals surface area contributed by atoms with E-state index in [-0.39, 0.29) is 5.97 Å². The standard InChI is InChI=1S/C10H10O2.C6H5Br.C4H6O2/c1-12-10(11)8-7-9-5-3-2-4-6-9;7-6-4-2-1-3-5-6;1-3-4(5)6-2/h2-8H,1H3;1-5H;3H,1H2,2H3/b8-7+;;. The molecule has 132 valence electrons. The molecule has 0 amide bonds. The topological polar surface area (TPSA) is 52.6 Å². The first-order valence-corrected chi connectivity index (χ1v) is 8.04. The lowest BCUT2D eigenvalue weighted by atomic mass is 10.2. The molecule has 25 heavy (non-hydrogen) atoms. The van der Waals surface area contributed by atoms with Crippen molar-refractivity contribution in [2.75, 3.05) is 14.2 Å². The zero-order chi connectivity index (χ0) is 18.9. The Morgan fingerprint density at radius 3 is 1.68 bits per heavy atom. The molecule has 0 aliphatic carbocycles. The predicted octanol–water partition coefficient (Wildman–Crippen LogP) is 4.67. The van der Waals surface area contributed by atoms with Crippen LogP contribution in [0.25, 0.3) is 6.08 Å². The Hall–Kier alpha value is -2.66. The van der Waals surface area contributed by atoms with Crippen molar-refractivity contribution in [3.05, 3.63) is 89.4 Å². The molecule has 0 bridgehead atoms. The Morgan fingerprint density at radius 2 is 1.36 bits per heavy atom. The number of benzene rings is 2. The van der Waals surface area contributed by atoms with Crippen LogP contribution in [0.4, 0.5) is 0 Å². The van der Waals surface area contributed by atoms with Gasteiger partial charge in [-0.3, -0.25) is 0 Å². The van der Waals surface area contributed by atoms with Crippen LogP contribution in [0.5, 0.6) is 0 Å². The van der Waals surface area contributed by atoms with Crippen molar-refractivity contribution in [1.29, 1.82) is 0 Å². The maximum absolute atomic E-state index is 10.7. The fourth-order valence-electron chi connectivity index (χ4n) is 1.29. The second-order valence-corrected chi connectivity index (χ2v) is 5.21. The first kappa shape index (κ1) is 22.3. The lowest BCUT2D eigenvalue weighted by molar-refractivity contribution is -0.135. The maximum Gasteiger partial charge on any atom is 0.330 e. The van der Waals surface area contributed by atoms with Crippen LogP contribution in [-0.2, 0) is 19.1 Å². The van der Waals surface area contributed by atoms with Gasteiger partial charge in [0.15, 0.2) is 0 Å². The first-order valence-electron chi connectivity index (χ1n) is 7.25. The zero-order valence-corrected chi connectivity index (χ0v) is 15.8. The SMILES string of the molecule is Brc1ccccc1.C=CC(=O)OC.COC(=O)/C=C/c1ccccc1. The lowest BCUT2D eigenvalue weighted by Gasteiger charge is -1.91. The van der Waals surface area contributed by atoms with Crippen molar-refractivity contribution < 1.29 is 19.1 Å². The van der Waals surface area contributed by atoms with E-state index in [2.05, 4.69) is 32.0 Å². The second kappa shape index (κ2) is 14.9. The summed E-state index contributed by atoms with van der Waals surface area (Å²) >= 11 is 3.31. The molecule has 2 aromatic carbocycles. The summed E-state index contributed by atoms with van der Waals surface area (Å²) < 4.78 is 9.72. The predicted molar refractivity (Wildman–Crippen MR) is 104 cm³/mol. The van der Waals surface area contributed by atoms with Gasteiger partial charge in [-0.2, -0.15) is 0 Å². The van der Waals surface area contributed by atoms with Gasteiger partial charge in [0, 0.05) is 16.6 Å². The molecule has 0 aromatic heterocycles. The molecule has 5 heteroatoms. The second-order valence-electron chi connectivity index (χ2n) is 4.29. The van der Waals surface area contributed by atoms with E-state index >= 15 is 0 Å². The molecule has 0 heterocycles. The molecule has 0 unspecified atom stereocenters. The van der Waals surface area contributed by atoms with Crippen molar-refractivity contribution in [2.24, 2.45) is 0 Å². The van der Waals surface area contributed by atoms with Gasteiger partial charge in [-0.1, -0.05) is 71.0 Å². The summed E-state index contributed by atoms with van der Waals surface area (Å²) in [6.07, 6.45) is 4.22. The van der Waals surface area contributed by atoms with Gasteiger partial charge < -0.3 is 9.47 Å². The number of hydrogen-bond donors (Lipinski definition) is 0. The van der Waals surface area contributed by atoms with Crippen molar-refractivity contribution >= 4 is 33.9 Å². The zero-order valence-electron chi connectivity index (χ0n) is 14.2. The number of ether oxygens (including phenoxy) is 2. The van der Waals surface area contributed by atoms with Gasteiger partial charge in [0.05, 0.1) is 14.2 Å². The van der Waals surface area contributed by atoms with Gasteiger partial charge >= 0.3 is 11.9 Å². The monoisotopic (exact) mass is 404 g/mol. The van der Waals surface area contributed by atoms with E-state index in [1.54, 1.807) is 6.08 Å². The van der Waals surface area contributed by atoms with Gasteiger partial charge in [0.1, 0.15) is 0 Å². The third kappa shape index (κ3) is 13.5. The molecule has 0 fully saturated rings. The molecule has 2 rings (SSSR count). The minimum atomic E-state index is -0.394. The van der Waals surface area contributed by atoms with E-state index < -0.39 is 5.97 Å². The van der Waals surface area contributed by atoms with Crippen LogP contribution in [0, 0.1) is 0 Å². The number of esters is 2. The number of carbonyl (C=O) groups excluding carboxylic acids is 2. The van der Waals surface area contributed by atoms with Crippen molar-refractivity contribution in [1.82, 2.24) is 0 Å². The maximum atomic E-state index is 10.7. The van der Waals surface area contributed by atoms with E-state index in [0.717, 1.165) is 16.1 Å². The third-order valence-corrected chi connectivity index (χ3v) is 3.04. The molecule has 0 aliphatic heterocycles. The highest BCUT2D eigenvalue weighted by Gasteiger charge is 1.89. The van der Waals surface area contributed by atoms with E-state index in [1.165, 1.54) is 20.3 Å². The molecule has 0 N–H and O–H groups in total. The quantitative estimate of drug-likeness (QED) is 0.550. The van der Waals surface area contributed by atoms with Crippen molar-refractivity contribution in [3.8, 4) is 0 Å². The van der Waals surface area contributed by atoms with Gasteiger partial charge in [-0.25, -0.2) is 9.59 Å². The smallest absolute Gasteiger partial charge is 0.330 e. The van der Waals surface area contributed by atoms with Crippen LogP contribution in [0.2, 0.25) is 0 Å². The Morgan fingerprint density at radius 1 is 0.880 bits per heavy atom. The first-order chi connectivity index (χ1) is 12.0. The van der Waals surface area contributed by atoms with Gasteiger partial charge in [0.25, 0.3) is 0 Å². The highest BCUT2D eigenvalue weighted by Crippen LogP contribution is 2.05. The minimum absolute atomic E-state index is 0.334. The molecule has 0 atom stereocenters. The minimum Gasteiger partial charge on any atom is -0.466 e. The molecule has 0 saturated carbocycles. The number of halogens is 1. The third-order valence-electron chi connectivity index (χ3n) is 2.51. The Bertz CT molecular complexity index is 652. The number of methoxy groups -OCH3 is 2. The van der Waals surface area contributed by atoms with E-state index in [0.29, 0.717) is 0 Å². The Balaban J connectivity index is 0.000000378. The highest BCUT2D eigenvalue weighted by atomic mass is 79.9. The molecular weight excluding hydrogens is 384 g/mol. The highest BCUT2D eigenvalue weighted by molar-refractivity contribution is 9.10. The number of carbonyl (C=O) groups is 2. The summed E-state index contributed by atoms with van der Waals surface area (Å²) in [7, 11) is 2.67. The molecule has 2 aromatic rings. The van der Waals surface area contributed by atoms with Gasteiger partial charge in [-0.15, -0.1) is 0 Å². The molecule has 4 nitrogen and oxygen atoms in total. The van der Waals surface area contributed by atoms with Crippen LogP contribution >= 0.6 is 15.9 Å². The van der Waals surface area contributed by atoms with Crippen LogP contribution in [0.1, 0.15) is 5.56 Å². The van der Waals surface area contributed by atoms with Gasteiger partial charge in [0.2, 0.25) is 0 Å². The molecule has 0 aliphatic rings. The lowest BCUT2D eigenvalue weighted by Crippen LogP contribution is -1.92. The summed E-state index contributed by atoms with van der Waals surface area (Å²) in [5.74, 6) is -0.728. The molecule has 0 spiro atoms. The van der Waals surface area contributed by atoms with Crippen LogP contribution in [0.15, 0.2) is 83.9 Å². The summed E-state index contributed by atoms with van der Waals surface area (Å²) in [6, 6.07) is 19.6. The summed E-state index contributed by atoms with van der Waals surface area (Å²) in [6.45, 7) is 3.16. The largest absolute Gasteiger partial charge is 0.466 e. The summed E-state index contributed by atoms with van der Waals surface area (Å²) in [5.41, 5.74) is 0.989. The van der Waals surface area contributed by atoms with Crippen LogP contribution in [0.3, 0.4) is 0 Å². The van der Waals surface area contributed by atoms with Crippen LogP contribution < -0.4 is 0 Å². The molecule has 0 saturated heterocycles. The Labute approximate surface area is 156 Å². The molecule has 0 radical (unpaired) electrons. The summed E-state index contributed by atoms with van der Waals surface area (Å²) in [5, 5.41) is 0. The number of rotatable bonds is 3. The fourth-order valence-corrected chi connectivity index (χ4v) is 1.60. The molecular formula is C20H21BrO4.